The molecule has 0 spiro atoms. The number of hydrogen-bond donors (Lipinski definition) is 1. The first-order chi connectivity index (χ1) is 9.11. The molecule has 0 aliphatic carbocycles. The minimum Gasteiger partial charge on any atom is -0.465 e. The minimum absolute atomic E-state index is 0.156. The Bertz CT molecular complexity index is 719. The smallest absolute Gasteiger partial charge is 0.348 e. The monoisotopic (exact) mass is 277 g/mol. The van der Waals surface area contributed by atoms with E-state index in [-0.39, 0.29) is 9.68 Å². The van der Waals surface area contributed by atoms with Crippen LogP contribution in [0.1, 0.15) is 9.67 Å². The molecule has 98 valence electrons. The summed E-state index contributed by atoms with van der Waals surface area (Å²) in [7, 11) is 1.25. The first-order valence-corrected chi connectivity index (χ1v) is 6.14. The Hall–Kier alpha value is -2.41. The first kappa shape index (κ1) is 13.0. The van der Waals surface area contributed by atoms with Gasteiger partial charge in [0.25, 0.3) is 5.56 Å². The van der Waals surface area contributed by atoms with Gasteiger partial charge in [-0.25, -0.2) is 9.79 Å². The number of nitrogens with zero attached hydrogens (tertiary/aromatic N) is 2. The lowest BCUT2D eigenvalue weighted by atomic mass is 10.3. The zero-order valence-corrected chi connectivity index (χ0v) is 10.9. The first-order valence-electron chi connectivity index (χ1n) is 5.32. The summed E-state index contributed by atoms with van der Waals surface area (Å²) in [5, 5.41) is 0. The van der Waals surface area contributed by atoms with Crippen LogP contribution in [0.2, 0.25) is 0 Å². The molecule has 0 atom stereocenters. The SMILES string of the molecule is COC(=O)c1cc(=O)n(N)c(=Nc2ccccc2)s1. The highest BCUT2D eigenvalue weighted by Gasteiger charge is 2.09. The summed E-state index contributed by atoms with van der Waals surface area (Å²) >= 11 is 0.988. The summed E-state index contributed by atoms with van der Waals surface area (Å²) < 4.78 is 5.47. The van der Waals surface area contributed by atoms with Crippen molar-refractivity contribution >= 4 is 23.0 Å². The summed E-state index contributed by atoms with van der Waals surface area (Å²) in [6.45, 7) is 0. The van der Waals surface area contributed by atoms with Crippen molar-refractivity contribution in [2.24, 2.45) is 4.99 Å². The number of methoxy groups -OCH3 is 1. The maximum Gasteiger partial charge on any atom is 0.348 e. The highest BCUT2D eigenvalue weighted by molar-refractivity contribution is 7.11. The third kappa shape index (κ3) is 2.89. The van der Waals surface area contributed by atoms with Crippen LogP contribution in [0.25, 0.3) is 0 Å². The van der Waals surface area contributed by atoms with E-state index in [0.717, 1.165) is 22.1 Å². The molecule has 0 saturated carbocycles. The maximum atomic E-state index is 11.6. The standard InChI is InChI=1S/C12H11N3O3S/c1-18-11(17)9-7-10(16)15(13)12(19-9)14-8-5-3-2-4-6-8/h2-7H,13H2,1H3. The van der Waals surface area contributed by atoms with Gasteiger partial charge in [0, 0.05) is 6.07 Å². The molecule has 0 unspecified atom stereocenters. The Morgan fingerprint density at radius 2 is 2.05 bits per heavy atom. The molecule has 0 amide bonds. The van der Waals surface area contributed by atoms with Crippen molar-refractivity contribution in [3.8, 4) is 0 Å². The van der Waals surface area contributed by atoms with Crippen LogP contribution >= 0.6 is 11.3 Å². The van der Waals surface area contributed by atoms with Gasteiger partial charge in [-0.3, -0.25) is 4.79 Å². The number of nitrogen functional groups attached to an aromatic ring is 1. The summed E-state index contributed by atoms with van der Waals surface area (Å²) in [5.74, 6) is 5.02. The summed E-state index contributed by atoms with van der Waals surface area (Å²) in [6.07, 6.45) is 0. The Balaban J connectivity index is 2.63. The van der Waals surface area contributed by atoms with Gasteiger partial charge in [0.2, 0.25) is 4.80 Å². The van der Waals surface area contributed by atoms with Crippen LogP contribution in [0.4, 0.5) is 5.69 Å². The predicted octanol–water partition coefficient (Wildman–Crippen LogP) is 0.643. The van der Waals surface area contributed by atoms with Crippen LogP contribution in [0.3, 0.4) is 0 Å². The molecule has 0 bridgehead atoms. The molecule has 0 saturated heterocycles. The van der Waals surface area contributed by atoms with E-state index in [4.69, 9.17) is 5.84 Å². The normalized spacial score (nSPS) is 11.3. The number of carbonyl (C=O) groups excluding carboxylic acids is 1. The largest absolute Gasteiger partial charge is 0.465 e. The van der Waals surface area contributed by atoms with Crippen LogP contribution in [0.15, 0.2) is 46.2 Å². The number of aromatic nitrogens is 1. The molecule has 0 aliphatic rings. The summed E-state index contributed by atoms with van der Waals surface area (Å²) in [4.78, 5) is 27.7. The summed E-state index contributed by atoms with van der Waals surface area (Å²) in [5.41, 5.74) is 0.119. The predicted molar refractivity (Wildman–Crippen MR) is 71.7 cm³/mol. The molecule has 1 heterocycles. The van der Waals surface area contributed by atoms with E-state index in [2.05, 4.69) is 9.73 Å². The number of ether oxygens (including phenoxy) is 1. The van der Waals surface area contributed by atoms with Crippen molar-refractivity contribution in [3.05, 3.63) is 56.4 Å². The quantitative estimate of drug-likeness (QED) is 0.644. The van der Waals surface area contributed by atoms with E-state index in [1.54, 1.807) is 12.1 Å². The van der Waals surface area contributed by atoms with Gasteiger partial charge in [-0.2, -0.15) is 4.68 Å². The molecule has 0 aliphatic heterocycles. The molecular formula is C12H11N3O3S. The number of para-hydroxylation sites is 1. The van der Waals surface area contributed by atoms with Crippen molar-refractivity contribution in [1.29, 1.82) is 0 Å². The molecule has 0 fully saturated rings. The van der Waals surface area contributed by atoms with Crippen molar-refractivity contribution in [1.82, 2.24) is 4.68 Å². The van der Waals surface area contributed by atoms with Crippen LogP contribution in [0.5, 0.6) is 0 Å². The highest BCUT2D eigenvalue weighted by Crippen LogP contribution is 2.09. The molecule has 7 heteroatoms. The number of rotatable bonds is 2. The van der Waals surface area contributed by atoms with Gasteiger partial charge in [-0.1, -0.05) is 29.5 Å². The molecule has 6 nitrogen and oxygen atoms in total. The zero-order valence-electron chi connectivity index (χ0n) is 10.1. The third-order valence-electron chi connectivity index (χ3n) is 2.27. The van der Waals surface area contributed by atoms with Gasteiger partial charge in [0.05, 0.1) is 12.8 Å². The van der Waals surface area contributed by atoms with Gasteiger partial charge in [0.1, 0.15) is 4.88 Å². The second kappa shape index (κ2) is 5.49. The van der Waals surface area contributed by atoms with Gasteiger partial charge >= 0.3 is 5.97 Å². The lowest BCUT2D eigenvalue weighted by Crippen LogP contribution is -2.38. The van der Waals surface area contributed by atoms with Gasteiger partial charge in [0.15, 0.2) is 0 Å². The van der Waals surface area contributed by atoms with E-state index in [0.29, 0.717) is 5.69 Å². The fourth-order valence-corrected chi connectivity index (χ4v) is 2.21. The summed E-state index contributed by atoms with van der Waals surface area (Å²) in [6, 6.07) is 10.1. The second-order valence-electron chi connectivity index (χ2n) is 3.54. The molecule has 2 N–H and O–H groups in total. The Kier molecular flexibility index (Phi) is 3.76. The Morgan fingerprint density at radius 1 is 1.37 bits per heavy atom. The Labute approximate surface area is 112 Å². The second-order valence-corrected chi connectivity index (χ2v) is 4.55. The number of esters is 1. The van der Waals surface area contributed by atoms with Crippen molar-refractivity contribution in [3.63, 3.8) is 0 Å². The molecule has 19 heavy (non-hydrogen) atoms. The average molecular weight is 277 g/mol. The number of nitrogens with two attached hydrogens (primary N) is 1. The molecule has 2 aromatic rings. The maximum absolute atomic E-state index is 11.6. The minimum atomic E-state index is -0.591. The molecular weight excluding hydrogens is 266 g/mol. The molecule has 1 aromatic heterocycles. The van der Waals surface area contributed by atoms with E-state index >= 15 is 0 Å². The fourth-order valence-electron chi connectivity index (χ4n) is 1.34. The van der Waals surface area contributed by atoms with Crippen LogP contribution in [-0.4, -0.2) is 17.8 Å². The Morgan fingerprint density at radius 3 is 2.68 bits per heavy atom. The van der Waals surface area contributed by atoms with Crippen molar-refractivity contribution in [2.75, 3.05) is 13.0 Å². The topological polar surface area (TPSA) is 86.7 Å². The van der Waals surface area contributed by atoms with Gasteiger partial charge < -0.3 is 10.6 Å². The molecule has 1 aromatic carbocycles. The van der Waals surface area contributed by atoms with E-state index in [9.17, 15) is 9.59 Å². The van der Waals surface area contributed by atoms with Crippen LogP contribution in [0, 0.1) is 0 Å². The number of hydrogen-bond acceptors (Lipinski definition) is 6. The molecule has 0 radical (unpaired) electrons. The van der Waals surface area contributed by atoms with Crippen molar-refractivity contribution in [2.45, 2.75) is 0 Å². The lowest BCUT2D eigenvalue weighted by Gasteiger charge is -2.01. The number of benzene rings is 1. The van der Waals surface area contributed by atoms with Crippen LogP contribution < -0.4 is 16.2 Å². The fraction of sp³-hybridized carbons (Fsp3) is 0.0833. The van der Waals surface area contributed by atoms with Gasteiger partial charge in [-0.05, 0) is 12.1 Å². The van der Waals surface area contributed by atoms with E-state index in [1.165, 1.54) is 7.11 Å². The van der Waals surface area contributed by atoms with E-state index < -0.39 is 11.5 Å². The lowest BCUT2D eigenvalue weighted by molar-refractivity contribution is 0.0606. The third-order valence-corrected chi connectivity index (χ3v) is 3.24. The van der Waals surface area contributed by atoms with E-state index in [1.807, 2.05) is 18.2 Å². The highest BCUT2D eigenvalue weighted by atomic mass is 32.1. The number of carbonyl (C=O) groups is 1. The van der Waals surface area contributed by atoms with Crippen LogP contribution in [-0.2, 0) is 4.74 Å². The van der Waals surface area contributed by atoms with Gasteiger partial charge in [-0.15, -0.1) is 0 Å². The average Bonchev–Trinajstić information content (AvgIpc) is 2.44. The zero-order chi connectivity index (χ0) is 13.8. The van der Waals surface area contributed by atoms with Crippen molar-refractivity contribution < 1.29 is 9.53 Å². The molecule has 2 rings (SSSR count).